The van der Waals surface area contributed by atoms with Crippen molar-refractivity contribution in [3.8, 4) is 0 Å². The van der Waals surface area contributed by atoms with Gasteiger partial charge in [0, 0.05) is 12.5 Å². The topological polar surface area (TPSA) is 86.6 Å². The number of carboxylic acids is 1. The summed E-state index contributed by atoms with van der Waals surface area (Å²) in [5.74, 6) is 1.71. The van der Waals surface area contributed by atoms with Crippen LogP contribution in [0.4, 0.5) is 0 Å². The van der Waals surface area contributed by atoms with Crippen LogP contribution in [0.5, 0.6) is 0 Å². The fourth-order valence-electron chi connectivity index (χ4n) is 4.46. The highest BCUT2D eigenvalue weighted by Crippen LogP contribution is 2.69. The summed E-state index contributed by atoms with van der Waals surface area (Å²) in [6, 6.07) is 0. The van der Waals surface area contributed by atoms with Crippen molar-refractivity contribution in [2.45, 2.75) is 38.2 Å². The lowest BCUT2D eigenvalue weighted by Gasteiger charge is -2.21. The molecule has 0 saturated heterocycles. The van der Waals surface area contributed by atoms with E-state index in [2.05, 4.69) is 5.32 Å². The Morgan fingerprint density at radius 2 is 1.84 bits per heavy atom. The van der Waals surface area contributed by atoms with Gasteiger partial charge in [0.15, 0.2) is 0 Å². The number of carbonyl (C=O) groups excluding carboxylic acids is 1. The molecule has 3 aliphatic carbocycles. The van der Waals surface area contributed by atoms with Gasteiger partial charge in [-0.1, -0.05) is 0 Å². The highest BCUT2D eigenvalue weighted by molar-refractivity contribution is 5.83. The van der Waals surface area contributed by atoms with E-state index in [4.69, 9.17) is 5.11 Å². The molecule has 3 N–H and O–H groups in total. The van der Waals surface area contributed by atoms with Crippen LogP contribution < -0.4 is 5.32 Å². The van der Waals surface area contributed by atoms with E-state index < -0.39 is 11.6 Å². The molecule has 0 aromatic rings. The minimum atomic E-state index is -1.37. The van der Waals surface area contributed by atoms with E-state index in [-0.39, 0.29) is 24.8 Å². The van der Waals surface area contributed by atoms with Gasteiger partial charge in [-0.05, 0) is 49.9 Å². The average molecular weight is 267 g/mol. The smallest absolute Gasteiger partial charge is 0.306 e. The molecular formula is C14H21NO4. The largest absolute Gasteiger partial charge is 0.481 e. The molecule has 3 fully saturated rings. The van der Waals surface area contributed by atoms with E-state index in [0.29, 0.717) is 11.8 Å². The molecule has 106 valence electrons. The van der Waals surface area contributed by atoms with Crippen molar-refractivity contribution < 1.29 is 19.8 Å². The minimum absolute atomic E-state index is 0.0114. The summed E-state index contributed by atoms with van der Waals surface area (Å²) in [6.45, 7) is 1.46. The first-order valence-corrected chi connectivity index (χ1v) is 7.11. The summed E-state index contributed by atoms with van der Waals surface area (Å²) < 4.78 is 0. The van der Waals surface area contributed by atoms with E-state index >= 15 is 0 Å². The molecule has 3 aliphatic rings. The third kappa shape index (κ3) is 2.24. The van der Waals surface area contributed by atoms with Gasteiger partial charge in [0.25, 0.3) is 0 Å². The van der Waals surface area contributed by atoms with Crippen LogP contribution in [0.3, 0.4) is 0 Å². The number of fused-ring (bicyclic) bond motifs is 5. The second-order valence-corrected chi connectivity index (χ2v) is 6.80. The first-order valence-electron chi connectivity index (χ1n) is 7.11. The zero-order valence-corrected chi connectivity index (χ0v) is 11.1. The van der Waals surface area contributed by atoms with Crippen molar-refractivity contribution in [2.75, 3.05) is 6.54 Å². The summed E-state index contributed by atoms with van der Waals surface area (Å²) in [5.41, 5.74) is -1.37. The predicted molar refractivity (Wildman–Crippen MR) is 67.2 cm³/mol. The predicted octanol–water partition coefficient (Wildman–Crippen LogP) is 0.620. The quantitative estimate of drug-likeness (QED) is 0.681. The lowest BCUT2D eigenvalue weighted by molar-refractivity contribution is -0.142. The van der Waals surface area contributed by atoms with Crippen molar-refractivity contribution in [2.24, 2.45) is 29.6 Å². The number of carbonyl (C=O) groups is 2. The third-order valence-corrected chi connectivity index (χ3v) is 5.21. The van der Waals surface area contributed by atoms with Crippen molar-refractivity contribution in [1.82, 2.24) is 5.32 Å². The Kier molecular flexibility index (Phi) is 2.85. The zero-order chi connectivity index (χ0) is 13.8. The second kappa shape index (κ2) is 4.20. The molecule has 5 unspecified atom stereocenters. The lowest BCUT2D eigenvalue weighted by Crippen LogP contribution is -2.43. The Balaban J connectivity index is 1.50. The summed E-state index contributed by atoms with van der Waals surface area (Å²) in [7, 11) is 0. The molecule has 3 saturated carbocycles. The SMILES string of the molecule is CC(O)(CNC(=O)C1C2C3CCC(C3)C12)CC(=O)O. The maximum atomic E-state index is 12.1. The molecule has 0 aromatic heterocycles. The molecular weight excluding hydrogens is 246 g/mol. The van der Waals surface area contributed by atoms with Gasteiger partial charge in [0.1, 0.15) is 0 Å². The molecule has 0 aromatic carbocycles. The number of aliphatic carboxylic acids is 1. The maximum absolute atomic E-state index is 12.1. The molecule has 0 spiro atoms. The van der Waals surface area contributed by atoms with E-state index in [1.807, 2.05) is 0 Å². The Morgan fingerprint density at radius 1 is 1.26 bits per heavy atom. The van der Waals surface area contributed by atoms with Crippen molar-refractivity contribution in [1.29, 1.82) is 0 Å². The maximum Gasteiger partial charge on any atom is 0.306 e. The summed E-state index contributed by atoms with van der Waals surface area (Å²) in [4.78, 5) is 22.7. The van der Waals surface area contributed by atoms with E-state index in [1.54, 1.807) is 0 Å². The molecule has 19 heavy (non-hydrogen) atoms. The Bertz CT molecular complexity index is 404. The van der Waals surface area contributed by atoms with Gasteiger partial charge in [0.2, 0.25) is 5.91 Å². The number of hydrogen-bond acceptors (Lipinski definition) is 3. The monoisotopic (exact) mass is 267 g/mol. The highest BCUT2D eigenvalue weighted by Gasteiger charge is 2.67. The molecule has 5 nitrogen and oxygen atoms in total. The fraction of sp³-hybridized carbons (Fsp3) is 0.857. The number of rotatable bonds is 5. The lowest BCUT2D eigenvalue weighted by atomic mass is 10.0. The van der Waals surface area contributed by atoms with Crippen LogP contribution >= 0.6 is 0 Å². The molecule has 0 radical (unpaired) electrons. The van der Waals surface area contributed by atoms with Crippen LogP contribution in [0.15, 0.2) is 0 Å². The summed E-state index contributed by atoms with van der Waals surface area (Å²) >= 11 is 0. The number of amides is 1. The second-order valence-electron chi connectivity index (χ2n) is 6.80. The average Bonchev–Trinajstić information content (AvgIpc) is 2.73. The standard InChI is InChI=1S/C14H21NO4/c1-14(19,5-9(16)17)6-15-13(18)12-10-7-2-3-8(4-7)11(10)12/h7-8,10-12,19H,2-6H2,1H3,(H,15,18)(H,16,17). The molecule has 5 atom stereocenters. The first-order chi connectivity index (χ1) is 8.89. The number of aliphatic hydroxyl groups is 1. The van der Waals surface area contributed by atoms with Gasteiger partial charge in [-0.2, -0.15) is 0 Å². The molecule has 5 heteroatoms. The van der Waals surface area contributed by atoms with Gasteiger partial charge in [-0.3, -0.25) is 9.59 Å². The molecule has 2 bridgehead atoms. The minimum Gasteiger partial charge on any atom is -0.481 e. The van der Waals surface area contributed by atoms with Crippen LogP contribution in [0.25, 0.3) is 0 Å². The van der Waals surface area contributed by atoms with E-state index in [1.165, 1.54) is 26.2 Å². The Hall–Kier alpha value is -1.10. The van der Waals surface area contributed by atoms with Crippen LogP contribution in [0.2, 0.25) is 0 Å². The molecule has 0 heterocycles. The number of carboxylic acid groups (broad SMARTS) is 1. The number of nitrogens with one attached hydrogen (secondary N) is 1. The number of hydrogen-bond donors (Lipinski definition) is 3. The Labute approximate surface area is 112 Å². The van der Waals surface area contributed by atoms with E-state index in [9.17, 15) is 14.7 Å². The van der Waals surface area contributed by atoms with Crippen LogP contribution in [0.1, 0.15) is 32.6 Å². The van der Waals surface area contributed by atoms with Gasteiger partial charge in [-0.15, -0.1) is 0 Å². The molecule has 1 amide bonds. The van der Waals surface area contributed by atoms with Gasteiger partial charge in [0.05, 0.1) is 12.0 Å². The van der Waals surface area contributed by atoms with Gasteiger partial charge < -0.3 is 15.5 Å². The summed E-state index contributed by atoms with van der Waals surface area (Å²) in [6.07, 6.45) is 3.49. The van der Waals surface area contributed by atoms with Gasteiger partial charge >= 0.3 is 5.97 Å². The Morgan fingerprint density at radius 3 is 2.37 bits per heavy atom. The highest BCUT2D eigenvalue weighted by atomic mass is 16.4. The summed E-state index contributed by atoms with van der Waals surface area (Å²) in [5, 5.41) is 21.3. The van der Waals surface area contributed by atoms with Crippen molar-refractivity contribution >= 4 is 11.9 Å². The zero-order valence-electron chi connectivity index (χ0n) is 11.1. The van der Waals surface area contributed by atoms with Gasteiger partial charge in [-0.25, -0.2) is 0 Å². The fourth-order valence-corrected chi connectivity index (χ4v) is 4.46. The first kappa shape index (κ1) is 12.9. The van der Waals surface area contributed by atoms with Crippen LogP contribution in [-0.4, -0.2) is 34.2 Å². The van der Waals surface area contributed by atoms with Crippen molar-refractivity contribution in [3.63, 3.8) is 0 Å². The van der Waals surface area contributed by atoms with Crippen molar-refractivity contribution in [3.05, 3.63) is 0 Å². The molecule has 3 rings (SSSR count). The normalized spacial score (nSPS) is 41.5. The third-order valence-electron chi connectivity index (χ3n) is 5.21. The molecule has 0 aliphatic heterocycles. The van der Waals surface area contributed by atoms with Crippen LogP contribution in [-0.2, 0) is 9.59 Å². The van der Waals surface area contributed by atoms with Crippen LogP contribution in [0, 0.1) is 29.6 Å². The van der Waals surface area contributed by atoms with E-state index in [0.717, 1.165) is 11.8 Å².